The molecule has 0 unspecified atom stereocenters. The van der Waals surface area contributed by atoms with Crippen molar-refractivity contribution in [3.05, 3.63) is 0 Å². The summed E-state index contributed by atoms with van der Waals surface area (Å²) in [5, 5.41) is 8.17. The van der Waals surface area contributed by atoms with E-state index in [4.69, 9.17) is 9.84 Å². The van der Waals surface area contributed by atoms with Gasteiger partial charge < -0.3 is 14.5 Å². The van der Waals surface area contributed by atoms with Crippen LogP contribution in [0.2, 0.25) is 0 Å². The van der Waals surface area contributed by atoms with Gasteiger partial charge in [0.1, 0.15) is 0 Å². The van der Waals surface area contributed by atoms with Crippen molar-refractivity contribution in [1.29, 1.82) is 0 Å². The van der Waals surface area contributed by atoms with Gasteiger partial charge in [0.2, 0.25) is 0 Å². The monoisotopic (exact) mass is 116 g/mol. The summed E-state index contributed by atoms with van der Waals surface area (Å²) in [6.07, 6.45) is 0. The molecule has 1 N–H and O–H groups in total. The quantitative estimate of drug-likeness (QED) is 0.373. The lowest BCUT2D eigenvalue weighted by Gasteiger charge is -1.98. The van der Waals surface area contributed by atoms with Gasteiger partial charge in [-0.1, -0.05) is 0 Å². The summed E-state index contributed by atoms with van der Waals surface area (Å²) in [4.78, 5) is 0. The van der Waals surface area contributed by atoms with Gasteiger partial charge in [0.15, 0.2) is 0 Å². The second-order valence-electron chi connectivity index (χ2n) is 1.21. The van der Waals surface area contributed by atoms with E-state index in [9.17, 15) is 0 Å². The summed E-state index contributed by atoms with van der Waals surface area (Å²) in [6.45, 7) is 1.21. The van der Waals surface area contributed by atoms with Gasteiger partial charge >= 0.3 is 0 Å². The fourth-order valence-corrected chi connectivity index (χ4v) is 0.274. The van der Waals surface area contributed by atoms with Crippen molar-refractivity contribution in [2.45, 2.75) is 0 Å². The van der Waals surface area contributed by atoms with Crippen molar-refractivity contribution in [3.8, 4) is 0 Å². The lowest BCUT2D eigenvalue weighted by molar-refractivity contribution is 0.0725. The van der Waals surface area contributed by atoms with E-state index in [0.29, 0.717) is 19.8 Å². The highest BCUT2D eigenvalue weighted by Crippen LogP contribution is 1.72. The first-order chi connectivity index (χ1) is 3.91. The average Bonchev–Trinajstić information content (AvgIpc) is 1.81. The SMILES string of the molecule is [B]OCCOCCO. The van der Waals surface area contributed by atoms with E-state index in [1.54, 1.807) is 0 Å². The molecule has 0 spiro atoms. The Balaban J connectivity index is 2.53. The first-order valence-corrected chi connectivity index (χ1v) is 2.42. The van der Waals surface area contributed by atoms with E-state index >= 15 is 0 Å². The van der Waals surface area contributed by atoms with Crippen molar-refractivity contribution >= 4 is 8.05 Å². The van der Waals surface area contributed by atoms with Crippen molar-refractivity contribution in [2.75, 3.05) is 26.4 Å². The molecule has 0 atom stereocenters. The fraction of sp³-hybridized carbons (Fsp3) is 1.00. The van der Waals surface area contributed by atoms with Crippen LogP contribution in [0.15, 0.2) is 0 Å². The first-order valence-electron chi connectivity index (χ1n) is 2.42. The molecule has 0 aromatic heterocycles. The maximum Gasteiger partial charge on any atom is 0.282 e. The molecule has 0 amide bonds. The van der Waals surface area contributed by atoms with Crippen LogP contribution in [0.3, 0.4) is 0 Å². The van der Waals surface area contributed by atoms with Crippen molar-refractivity contribution in [1.82, 2.24) is 0 Å². The third kappa shape index (κ3) is 5.94. The molecule has 0 aliphatic rings. The Morgan fingerprint density at radius 2 is 2.00 bits per heavy atom. The minimum absolute atomic E-state index is 0.0462. The Labute approximate surface area is 50.0 Å². The highest BCUT2D eigenvalue weighted by atomic mass is 16.5. The van der Waals surface area contributed by atoms with Gasteiger partial charge in [-0.15, -0.1) is 0 Å². The molecule has 46 valence electrons. The molecule has 0 fully saturated rings. The minimum Gasteiger partial charge on any atom is -0.445 e. The molecule has 0 aliphatic heterocycles. The van der Waals surface area contributed by atoms with Crippen LogP contribution in [0, 0.1) is 0 Å². The van der Waals surface area contributed by atoms with Gasteiger partial charge in [0, 0.05) is 0 Å². The first kappa shape index (κ1) is 7.94. The van der Waals surface area contributed by atoms with Gasteiger partial charge in [-0.05, 0) is 0 Å². The summed E-state index contributed by atoms with van der Waals surface area (Å²) in [5.41, 5.74) is 0. The maximum absolute atomic E-state index is 8.17. The van der Waals surface area contributed by atoms with E-state index in [0.717, 1.165) is 0 Å². The molecule has 0 heterocycles. The van der Waals surface area contributed by atoms with E-state index in [1.807, 2.05) is 0 Å². The Hall–Kier alpha value is -0.0551. The van der Waals surface area contributed by atoms with Crippen LogP contribution in [0.1, 0.15) is 0 Å². The summed E-state index contributed by atoms with van der Waals surface area (Å²) in [6, 6.07) is 0. The summed E-state index contributed by atoms with van der Waals surface area (Å²) >= 11 is 0. The molecule has 2 radical (unpaired) electrons. The Morgan fingerprint density at radius 1 is 1.25 bits per heavy atom. The Bertz CT molecular complexity index is 36.3. The van der Waals surface area contributed by atoms with Gasteiger partial charge in [-0.3, -0.25) is 0 Å². The average molecular weight is 116 g/mol. The van der Waals surface area contributed by atoms with Crippen LogP contribution < -0.4 is 0 Å². The molecule has 0 saturated carbocycles. The van der Waals surface area contributed by atoms with Crippen LogP contribution in [0.5, 0.6) is 0 Å². The zero-order chi connectivity index (χ0) is 6.24. The summed E-state index contributed by atoms with van der Waals surface area (Å²) < 4.78 is 8.95. The van der Waals surface area contributed by atoms with Crippen LogP contribution in [0.25, 0.3) is 0 Å². The van der Waals surface area contributed by atoms with Gasteiger partial charge in [-0.2, -0.15) is 0 Å². The van der Waals surface area contributed by atoms with Crippen molar-refractivity contribution < 1.29 is 14.5 Å². The number of rotatable bonds is 5. The Morgan fingerprint density at radius 3 is 2.50 bits per heavy atom. The predicted molar refractivity (Wildman–Crippen MR) is 29.6 cm³/mol. The van der Waals surface area contributed by atoms with E-state index in [-0.39, 0.29) is 6.61 Å². The van der Waals surface area contributed by atoms with Crippen LogP contribution in [-0.2, 0) is 9.39 Å². The van der Waals surface area contributed by atoms with Crippen molar-refractivity contribution in [2.24, 2.45) is 0 Å². The van der Waals surface area contributed by atoms with Crippen molar-refractivity contribution in [3.63, 3.8) is 0 Å². The fourth-order valence-electron chi connectivity index (χ4n) is 0.274. The van der Waals surface area contributed by atoms with E-state index in [1.165, 1.54) is 0 Å². The van der Waals surface area contributed by atoms with E-state index in [2.05, 4.69) is 12.7 Å². The summed E-state index contributed by atoms with van der Waals surface area (Å²) in [5.74, 6) is 0. The maximum atomic E-state index is 8.17. The summed E-state index contributed by atoms with van der Waals surface area (Å²) in [7, 11) is 4.67. The smallest absolute Gasteiger partial charge is 0.282 e. The topological polar surface area (TPSA) is 38.7 Å². The van der Waals surface area contributed by atoms with Gasteiger partial charge in [0.25, 0.3) is 8.05 Å². The molecule has 0 rings (SSSR count). The van der Waals surface area contributed by atoms with Crippen LogP contribution in [-0.4, -0.2) is 39.6 Å². The predicted octanol–water partition coefficient (Wildman–Crippen LogP) is -0.905. The molecular weight excluding hydrogens is 107 g/mol. The molecule has 0 aromatic rings. The number of aliphatic hydroxyl groups excluding tert-OH is 1. The lowest BCUT2D eigenvalue weighted by atomic mass is 10.6. The standard InChI is InChI=1S/C4H9BO3/c5-8-4-3-7-2-1-6/h6H,1-4H2. The number of aliphatic hydroxyl groups is 1. The highest BCUT2D eigenvalue weighted by molar-refractivity contribution is 5.97. The van der Waals surface area contributed by atoms with Gasteiger partial charge in [-0.25, -0.2) is 0 Å². The van der Waals surface area contributed by atoms with Gasteiger partial charge in [0.05, 0.1) is 26.4 Å². The second-order valence-corrected chi connectivity index (χ2v) is 1.21. The molecule has 0 bridgehead atoms. The normalized spacial score (nSPS) is 9.62. The van der Waals surface area contributed by atoms with E-state index < -0.39 is 0 Å². The molecule has 0 aromatic carbocycles. The second kappa shape index (κ2) is 6.94. The third-order valence-corrected chi connectivity index (χ3v) is 0.581. The minimum atomic E-state index is 0.0462. The molecule has 0 aliphatic carbocycles. The molecule has 0 saturated heterocycles. The van der Waals surface area contributed by atoms with Crippen LogP contribution >= 0.6 is 0 Å². The Kier molecular flexibility index (Phi) is 6.90. The largest absolute Gasteiger partial charge is 0.445 e. The zero-order valence-electron chi connectivity index (χ0n) is 4.67. The molecule has 4 heteroatoms. The zero-order valence-corrected chi connectivity index (χ0v) is 4.67. The number of ether oxygens (including phenoxy) is 1. The highest BCUT2D eigenvalue weighted by Gasteiger charge is 1.82. The molecule has 8 heavy (non-hydrogen) atoms. The lowest BCUT2D eigenvalue weighted by Crippen LogP contribution is -2.05. The molecular formula is C4H9BO3. The third-order valence-electron chi connectivity index (χ3n) is 0.581. The van der Waals surface area contributed by atoms with Crippen LogP contribution in [0.4, 0.5) is 0 Å². The molecule has 3 nitrogen and oxygen atoms in total. The number of hydrogen-bond donors (Lipinski definition) is 1. The number of hydrogen-bond acceptors (Lipinski definition) is 3.